The molecule has 3 rings (SSSR count). The Hall–Kier alpha value is -3.07. The zero-order valence-corrected chi connectivity index (χ0v) is 15.9. The van der Waals surface area contributed by atoms with Crippen LogP contribution in [0.25, 0.3) is 0 Å². The lowest BCUT2D eigenvalue weighted by atomic mass is 9.92. The number of ether oxygens (including phenoxy) is 2. The topological polar surface area (TPSA) is 75.5 Å². The molecule has 2 heterocycles. The molecule has 0 spiro atoms. The Bertz CT molecular complexity index is 779. The van der Waals surface area contributed by atoms with Crippen LogP contribution in [0.1, 0.15) is 36.8 Å². The number of piperidine rings is 1. The molecular weight excluding hydrogens is 354 g/mol. The van der Waals surface area contributed by atoms with Crippen molar-refractivity contribution in [2.75, 3.05) is 19.7 Å². The molecule has 0 aliphatic carbocycles. The highest BCUT2D eigenvalue weighted by molar-refractivity contribution is 5.67. The predicted octanol–water partition coefficient (Wildman–Crippen LogP) is 4.16. The molecular formula is C22H25N3O3. The Morgan fingerprint density at radius 1 is 1.18 bits per heavy atom. The highest BCUT2D eigenvalue weighted by atomic mass is 16.6. The predicted molar refractivity (Wildman–Crippen MR) is 105 cm³/mol. The zero-order chi connectivity index (χ0) is 19.6. The molecule has 1 aliphatic rings. The second kappa shape index (κ2) is 10.3. The van der Waals surface area contributed by atoms with Crippen LogP contribution in [0.15, 0.2) is 48.7 Å². The quantitative estimate of drug-likeness (QED) is 0.675. The molecule has 6 heteroatoms. The number of rotatable bonds is 7. The number of amides is 1. The van der Waals surface area contributed by atoms with Gasteiger partial charge in [-0.3, -0.25) is 0 Å². The Kier molecular flexibility index (Phi) is 7.25. The molecule has 0 bridgehead atoms. The van der Waals surface area contributed by atoms with Gasteiger partial charge in [0.25, 0.3) is 0 Å². The number of aromatic nitrogens is 1. The first-order chi connectivity index (χ1) is 13.7. The summed E-state index contributed by atoms with van der Waals surface area (Å²) >= 11 is 0. The molecule has 0 saturated carbocycles. The van der Waals surface area contributed by atoms with Crippen molar-refractivity contribution < 1.29 is 14.3 Å². The van der Waals surface area contributed by atoms with Gasteiger partial charge in [0, 0.05) is 25.4 Å². The van der Waals surface area contributed by atoms with Gasteiger partial charge in [-0.25, -0.2) is 9.78 Å². The summed E-state index contributed by atoms with van der Waals surface area (Å²) < 4.78 is 11.0. The summed E-state index contributed by atoms with van der Waals surface area (Å²) in [6.07, 6.45) is 5.30. The molecule has 28 heavy (non-hydrogen) atoms. The summed E-state index contributed by atoms with van der Waals surface area (Å²) in [7, 11) is 0. The van der Waals surface area contributed by atoms with E-state index in [1.807, 2.05) is 36.4 Å². The van der Waals surface area contributed by atoms with E-state index < -0.39 is 0 Å². The molecule has 1 aromatic heterocycles. The lowest BCUT2D eigenvalue weighted by molar-refractivity contribution is 0.0808. The number of carbonyl (C=O) groups excluding carboxylic acids is 1. The van der Waals surface area contributed by atoms with Crippen molar-refractivity contribution in [3.8, 4) is 11.9 Å². The Morgan fingerprint density at radius 3 is 2.64 bits per heavy atom. The molecule has 2 aromatic rings. The molecule has 1 aromatic carbocycles. The molecule has 0 radical (unpaired) electrons. The van der Waals surface area contributed by atoms with Crippen LogP contribution in [0.3, 0.4) is 0 Å². The number of nitriles is 1. The van der Waals surface area contributed by atoms with E-state index in [2.05, 4.69) is 4.98 Å². The van der Waals surface area contributed by atoms with Crippen LogP contribution >= 0.6 is 0 Å². The standard InChI is InChI=1S/C22H25N3O3/c23-15-20-8-9-21(24-16-20)27-14-4-7-18-10-12-25(13-11-18)22(26)28-17-19-5-2-1-3-6-19/h1-3,5-6,8-9,16,18H,4,7,10-14,17H2. The van der Waals surface area contributed by atoms with Gasteiger partial charge in [0.1, 0.15) is 12.7 Å². The van der Waals surface area contributed by atoms with E-state index in [4.69, 9.17) is 14.7 Å². The summed E-state index contributed by atoms with van der Waals surface area (Å²) in [6.45, 7) is 2.42. The van der Waals surface area contributed by atoms with E-state index in [0.29, 0.717) is 30.6 Å². The minimum Gasteiger partial charge on any atom is -0.478 e. The van der Waals surface area contributed by atoms with Gasteiger partial charge in [0.2, 0.25) is 5.88 Å². The highest BCUT2D eigenvalue weighted by Gasteiger charge is 2.23. The van der Waals surface area contributed by atoms with Crippen LogP contribution in [0.4, 0.5) is 4.79 Å². The van der Waals surface area contributed by atoms with Gasteiger partial charge in [0.15, 0.2) is 0 Å². The fraction of sp³-hybridized carbons (Fsp3) is 0.409. The van der Waals surface area contributed by atoms with Crippen molar-refractivity contribution in [3.63, 3.8) is 0 Å². The molecule has 1 saturated heterocycles. The number of pyridine rings is 1. The molecule has 146 valence electrons. The van der Waals surface area contributed by atoms with Gasteiger partial charge in [0.05, 0.1) is 12.2 Å². The lowest BCUT2D eigenvalue weighted by Crippen LogP contribution is -2.38. The van der Waals surface area contributed by atoms with E-state index in [1.165, 1.54) is 6.20 Å². The monoisotopic (exact) mass is 379 g/mol. The fourth-order valence-corrected chi connectivity index (χ4v) is 3.30. The van der Waals surface area contributed by atoms with Crippen molar-refractivity contribution in [3.05, 3.63) is 59.8 Å². The Labute approximate surface area is 165 Å². The normalized spacial score (nSPS) is 14.3. The highest BCUT2D eigenvalue weighted by Crippen LogP contribution is 2.22. The molecule has 1 fully saturated rings. The van der Waals surface area contributed by atoms with Crippen LogP contribution in [0, 0.1) is 17.2 Å². The zero-order valence-electron chi connectivity index (χ0n) is 15.9. The molecule has 6 nitrogen and oxygen atoms in total. The van der Waals surface area contributed by atoms with Crippen molar-refractivity contribution in [1.29, 1.82) is 5.26 Å². The number of hydrogen-bond donors (Lipinski definition) is 0. The molecule has 0 N–H and O–H groups in total. The molecule has 1 aliphatic heterocycles. The average molecular weight is 379 g/mol. The van der Waals surface area contributed by atoms with Crippen molar-refractivity contribution in [2.45, 2.75) is 32.3 Å². The van der Waals surface area contributed by atoms with E-state index in [1.54, 1.807) is 17.0 Å². The van der Waals surface area contributed by atoms with Crippen molar-refractivity contribution in [2.24, 2.45) is 5.92 Å². The van der Waals surface area contributed by atoms with E-state index in [-0.39, 0.29) is 6.09 Å². The first-order valence-electron chi connectivity index (χ1n) is 9.69. The molecule has 0 atom stereocenters. The van der Waals surface area contributed by atoms with Gasteiger partial charge in [-0.2, -0.15) is 5.26 Å². The third-order valence-corrected chi connectivity index (χ3v) is 4.95. The van der Waals surface area contributed by atoms with E-state index >= 15 is 0 Å². The maximum atomic E-state index is 12.2. The van der Waals surface area contributed by atoms with Crippen LogP contribution in [-0.2, 0) is 11.3 Å². The number of benzene rings is 1. The van der Waals surface area contributed by atoms with Gasteiger partial charge in [-0.15, -0.1) is 0 Å². The minimum absolute atomic E-state index is 0.225. The minimum atomic E-state index is -0.225. The lowest BCUT2D eigenvalue weighted by Gasteiger charge is -2.31. The average Bonchev–Trinajstić information content (AvgIpc) is 2.76. The van der Waals surface area contributed by atoms with Crippen LogP contribution in [-0.4, -0.2) is 35.7 Å². The van der Waals surface area contributed by atoms with E-state index in [0.717, 1.165) is 44.3 Å². The Balaban J connectivity index is 1.29. The second-order valence-corrected chi connectivity index (χ2v) is 6.96. The maximum absolute atomic E-state index is 12.2. The van der Waals surface area contributed by atoms with Crippen molar-refractivity contribution in [1.82, 2.24) is 9.88 Å². The summed E-state index contributed by atoms with van der Waals surface area (Å²) in [6, 6.07) is 15.2. The van der Waals surface area contributed by atoms with Crippen LogP contribution < -0.4 is 4.74 Å². The number of likely N-dealkylation sites (tertiary alicyclic amines) is 1. The first-order valence-corrected chi connectivity index (χ1v) is 9.69. The van der Waals surface area contributed by atoms with Crippen LogP contribution in [0.2, 0.25) is 0 Å². The van der Waals surface area contributed by atoms with Gasteiger partial charge >= 0.3 is 6.09 Å². The smallest absolute Gasteiger partial charge is 0.410 e. The first kappa shape index (κ1) is 19.7. The molecule has 0 unspecified atom stereocenters. The van der Waals surface area contributed by atoms with Gasteiger partial charge in [-0.05, 0) is 43.2 Å². The third-order valence-electron chi connectivity index (χ3n) is 4.95. The summed E-state index contributed by atoms with van der Waals surface area (Å²) in [5.41, 5.74) is 1.53. The van der Waals surface area contributed by atoms with Gasteiger partial charge < -0.3 is 14.4 Å². The summed E-state index contributed by atoms with van der Waals surface area (Å²) in [5.74, 6) is 1.16. The maximum Gasteiger partial charge on any atom is 0.410 e. The second-order valence-electron chi connectivity index (χ2n) is 6.96. The van der Waals surface area contributed by atoms with E-state index in [9.17, 15) is 4.79 Å². The summed E-state index contributed by atoms with van der Waals surface area (Å²) in [4.78, 5) is 18.1. The molecule has 1 amide bonds. The number of hydrogen-bond acceptors (Lipinski definition) is 5. The number of nitrogens with zero attached hydrogens (tertiary/aromatic N) is 3. The van der Waals surface area contributed by atoms with Gasteiger partial charge in [-0.1, -0.05) is 30.3 Å². The summed E-state index contributed by atoms with van der Waals surface area (Å²) in [5, 5.41) is 8.76. The fourth-order valence-electron chi connectivity index (χ4n) is 3.30. The number of carbonyl (C=O) groups is 1. The van der Waals surface area contributed by atoms with Crippen molar-refractivity contribution >= 4 is 6.09 Å². The largest absolute Gasteiger partial charge is 0.478 e. The SMILES string of the molecule is N#Cc1ccc(OCCCC2CCN(C(=O)OCc3ccccc3)CC2)nc1. The van der Waals surface area contributed by atoms with Crippen LogP contribution in [0.5, 0.6) is 5.88 Å². The Morgan fingerprint density at radius 2 is 1.96 bits per heavy atom. The third kappa shape index (κ3) is 5.98.